The standard InChI is InChI=1S/C11H14O5/c12-6-9-5-10(13)11(7-15-9)16-8-1-3-14-4-2-8/h5,7-8,12H,1-4,6H2. The summed E-state index contributed by atoms with van der Waals surface area (Å²) in [4.78, 5) is 11.5. The Balaban J connectivity index is 2.06. The van der Waals surface area contributed by atoms with Crippen molar-refractivity contribution in [1.29, 1.82) is 0 Å². The molecular formula is C11H14O5. The summed E-state index contributed by atoms with van der Waals surface area (Å²) in [5.74, 6) is 0.438. The Morgan fingerprint density at radius 1 is 1.44 bits per heavy atom. The third kappa shape index (κ3) is 2.62. The number of rotatable bonds is 3. The maximum absolute atomic E-state index is 11.5. The minimum atomic E-state index is -0.285. The Hall–Kier alpha value is -1.33. The van der Waals surface area contributed by atoms with Crippen LogP contribution in [0.15, 0.2) is 21.5 Å². The van der Waals surface area contributed by atoms with E-state index >= 15 is 0 Å². The highest BCUT2D eigenvalue weighted by Gasteiger charge is 2.17. The first-order valence-corrected chi connectivity index (χ1v) is 5.26. The monoisotopic (exact) mass is 226 g/mol. The van der Waals surface area contributed by atoms with Gasteiger partial charge in [0.05, 0.1) is 13.2 Å². The Bertz CT molecular complexity index is 392. The van der Waals surface area contributed by atoms with Crippen LogP contribution < -0.4 is 10.2 Å². The number of hydrogen-bond donors (Lipinski definition) is 1. The average molecular weight is 226 g/mol. The van der Waals surface area contributed by atoms with Gasteiger partial charge in [0.1, 0.15) is 24.7 Å². The summed E-state index contributed by atoms with van der Waals surface area (Å²) in [6.45, 7) is 1.03. The summed E-state index contributed by atoms with van der Waals surface area (Å²) >= 11 is 0. The van der Waals surface area contributed by atoms with Crippen LogP contribution in [0.2, 0.25) is 0 Å². The van der Waals surface area contributed by atoms with E-state index in [0.717, 1.165) is 12.8 Å². The van der Waals surface area contributed by atoms with Crippen LogP contribution >= 0.6 is 0 Å². The van der Waals surface area contributed by atoms with Crippen molar-refractivity contribution in [3.8, 4) is 5.75 Å². The maximum Gasteiger partial charge on any atom is 0.227 e. The van der Waals surface area contributed by atoms with E-state index in [-0.39, 0.29) is 29.6 Å². The molecule has 0 spiro atoms. The van der Waals surface area contributed by atoms with Gasteiger partial charge in [0.15, 0.2) is 0 Å². The zero-order valence-electron chi connectivity index (χ0n) is 8.85. The van der Waals surface area contributed by atoms with Gasteiger partial charge in [-0.15, -0.1) is 0 Å². The molecule has 1 aromatic heterocycles. The first kappa shape index (κ1) is 11.2. The fraction of sp³-hybridized carbons (Fsp3) is 0.545. The molecule has 0 amide bonds. The third-order valence-corrected chi connectivity index (χ3v) is 2.47. The van der Waals surface area contributed by atoms with Crippen molar-refractivity contribution >= 4 is 0 Å². The van der Waals surface area contributed by atoms with Gasteiger partial charge in [-0.3, -0.25) is 4.79 Å². The Morgan fingerprint density at radius 2 is 2.19 bits per heavy atom. The van der Waals surface area contributed by atoms with Crippen molar-refractivity contribution in [2.45, 2.75) is 25.6 Å². The lowest BCUT2D eigenvalue weighted by Crippen LogP contribution is -2.27. The largest absolute Gasteiger partial charge is 0.483 e. The Labute approximate surface area is 92.6 Å². The summed E-state index contributed by atoms with van der Waals surface area (Å²) in [7, 11) is 0. The van der Waals surface area contributed by atoms with Gasteiger partial charge in [-0.1, -0.05) is 0 Å². The molecule has 1 saturated heterocycles. The fourth-order valence-corrected chi connectivity index (χ4v) is 1.58. The van der Waals surface area contributed by atoms with Gasteiger partial charge in [-0.2, -0.15) is 0 Å². The minimum Gasteiger partial charge on any atom is -0.483 e. The van der Waals surface area contributed by atoms with E-state index < -0.39 is 0 Å². The van der Waals surface area contributed by atoms with Gasteiger partial charge < -0.3 is 19.0 Å². The molecule has 0 atom stereocenters. The predicted molar refractivity (Wildman–Crippen MR) is 55.4 cm³/mol. The van der Waals surface area contributed by atoms with E-state index in [1.807, 2.05) is 0 Å². The zero-order chi connectivity index (χ0) is 11.4. The summed E-state index contributed by atoms with van der Waals surface area (Å²) in [6.07, 6.45) is 2.82. The number of aliphatic hydroxyl groups excluding tert-OH is 1. The van der Waals surface area contributed by atoms with Crippen LogP contribution in [-0.4, -0.2) is 24.4 Å². The highest BCUT2D eigenvalue weighted by molar-refractivity contribution is 5.17. The molecular weight excluding hydrogens is 212 g/mol. The lowest BCUT2D eigenvalue weighted by Gasteiger charge is -2.22. The van der Waals surface area contributed by atoms with Gasteiger partial charge in [-0.05, 0) is 0 Å². The van der Waals surface area contributed by atoms with E-state index in [2.05, 4.69) is 0 Å². The second kappa shape index (κ2) is 5.14. The Kier molecular flexibility index (Phi) is 3.58. The molecule has 5 heteroatoms. The smallest absolute Gasteiger partial charge is 0.227 e. The lowest BCUT2D eigenvalue weighted by molar-refractivity contribution is 0.0241. The molecule has 5 nitrogen and oxygen atoms in total. The normalized spacial score (nSPS) is 17.3. The molecule has 0 radical (unpaired) electrons. The van der Waals surface area contributed by atoms with E-state index in [1.54, 1.807) is 0 Å². The van der Waals surface area contributed by atoms with Gasteiger partial charge in [0.2, 0.25) is 11.2 Å². The number of hydrogen-bond acceptors (Lipinski definition) is 5. The van der Waals surface area contributed by atoms with Crippen LogP contribution in [-0.2, 0) is 11.3 Å². The summed E-state index contributed by atoms with van der Waals surface area (Å²) in [5, 5.41) is 8.78. The Morgan fingerprint density at radius 3 is 2.81 bits per heavy atom. The van der Waals surface area contributed by atoms with Crippen LogP contribution in [0.25, 0.3) is 0 Å². The van der Waals surface area contributed by atoms with Gasteiger partial charge in [0.25, 0.3) is 0 Å². The molecule has 16 heavy (non-hydrogen) atoms. The van der Waals surface area contributed by atoms with Gasteiger partial charge >= 0.3 is 0 Å². The molecule has 1 aliphatic rings. The van der Waals surface area contributed by atoms with Crippen molar-refractivity contribution < 1.29 is 19.0 Å². The molecule has 0 aromatic carbocycles. The highest BCUT2D eigenvalue weighted by atomic mass is 16.5. The molecule has 1 aromatic rings. The molecule has 88 valence electrons. The summed E-state index contributed by atoms with van der Waals surface area (Å²) < 4.78 is 15.7. The average Bonchev–Trinajstić information content (AvgIpc) is 2.33. The molecule has 1 aliphatic heterocycles. The molecule has 1 N–H and O–H groups in total. The highest BCUT2D eigenvalue weighted by Crippen LogP contribution is 2.14. The van der Waals surface area contributed by atoms with E-state index in [4.69, 9.17) is 19.0 Å². The van der Waals surface area contributed by atoms with E-state index in [0.29, 0.717) is 13.2 Å². The van der Waals surface area contributed by atoms with Crippen LogP contribution in [0, 0.1) is 0 Å². The molecule has 0 bridgehead atoms. The first-order valence-electron chi connectivity index (χ1n) is 5.26. The van der Waals surface area contributed by atoms with Gasteiger partial charge in [-0.25, -0.2) is 0 Å². The second-order valence-electron chi connectivity index (χ2n) is 3.66. The molecule has 2 heterocycles. The molecule has 0 saturated carbocycles. The first-order chi connectivity index (χ1) is 7.79. The topological polar surface area (TPSA) is 68.9 Å². The molecule has 1 fully saturated rings. The molecule has 2 rings (SSSR count). The van der Waals surface area contributed by atoms with Crippen LogP contribution in [0.1, 0.15) is 18.6 Å². The van der Waals surface area contributed by atoms with E-state index in [1.165, 1.54) is 12.3 Å². The van der Waals surface area contributed by atoms with Crippen LogP contribution in [0.3, 0.4) is 0 Å². The fourth-order valence-electron chi connectivity index (χ4n) is 1.58. The lowest BCUT2D eigenvalue weighted by atomic mass is 10.1. The third-order valence-electron chi connectivity index (χ3n) is 2.47. The van der Waals surface area contributed by atoms with Crippen molar-refractivity contribution in [3.05, 3.63) is 28.3 Å². The summed E-state index contributed by atoms with van der Waals surface area (Å²) in [6, 6.07) is 1.24. The zero-order valence-corrected chi connectivity index (χ0v) is 8.85. The van der Waals surface area contributed by atoms with Crippen molar-refractivity contribution in [3.63, 3.8) is 0 Å². The maximum atomic E-state index is 11.5. The molecule has 0 unspecified atom stereocenters. The van der Waals surface area contributed by atoms with Crippen LogP contribution in [0.5, 0.6) is 5.75 Å². The summed E-state index contributed by atoms with van der Waals surface area (Å²) in [5.41, 5.74) is -0.262. The quantitative estimate of drug-likeness (QED) is 0.821. The SMILES string of the molecule is O=c1cc(CO)occ1OC1CCOCC1. The van der Waals surface area contributed by atoms with E-state index in [9.17, 15) is 4.79 Å². The molecule has 0 aliphatic carbocycles. The minimum absolute atomic E-state index is 0.0108. The van der Waals surface area contributed by atoms with Crippen molar-refractivity contribution in [2.24, 2.45) is 0 Å². The number of ether oxygens (including phenoxy) is 2. The van der Waals surface area contributed by atoms with Gasteiger partial charge in [0, 0.05) is 18.9 Å². The second-order valence-corrected chi connectivity index (χ2v) is 3.66. The number of aliphatic hydroxyl groups is 1. The van der Waals surface area contributed by atoms with Crippen molar-refractivity contribution in [2.75, 3.05) is 13.2 Å². The van der Waals surface area contributed by atoms with Crippen molar-refractivity contribution in [1.82, 2.24) is 0 Å². The van der Waals surface area contributed by atoms with Crippen LogP contribution in [0.4, 0.5) is 0 Å². The predicted octanol–water partition coefficient (Wildman–Crippen LogP) is 0.690.